The van der Waals surface area contributed by atoms with Gasteiger partial charge in [0.1, 0.15) is 43.0 Å². The van der Waals surface area contributed by atoms with Crippen molar-refractivity contribution in [3.05, 3.63) is 182 Å². The van der Waals surface area contributed by atoms with Crippen LogP contribution in [-0.2, 0) is 40.5 Å². The Morgan fingerprint density at radius 3 is 0.974 bits per heavy atom. The Bertz CT molecular complexity index is 4170. The number of phenolic OH excluding ortho intramolecular Hbond substituents is 2. The number of nitrogens with zero attached hydrogens (tertiary/aromatic N) is 4. The van der Waals surface area contributed by atoms with Gasteiger partial charge in [-0.1, -0.05) is 146 Å². The van der Waals surface area contributed by atoms with E-state index in [0.29, 0.717) is 44.4 Å². The zero-order valence-electron chi connectivity index (χ0n) is 39.6. The first-order valence-electron chi connectivity index (χ1n) is 21.5. The Morgan fingerprint density at radius 1 is 0.355 bits per heavy atom. The van der Waals surface area contributed by atoms with Gasteiger partial charge in [0.05, 0.1) is 19.6 Å². The summed E-state index contributed by atoms with van der Waals surface area (Å²) < 4.78 is 136. The van der Waals surface area contributed by atoms with Gasteiger partial charge in [-0.05, 0) is 58.3 Å². The van der Waals surface area contributed by atoms with Gasteiger partial charge in [-0.15, -0.1) is 20.5 Å². The van der Waals surface area contributed by atoms with E-state index >= 15 is 0 Å². The molecule has 0 amide bonds. The Morgan fingerprint density at radius 2 is 0.658 bits per heavy atom. The standard InChI is InChI=1S/2C26H18N2O7S2.2Na/c2*29-26-22-8-4-3-7-21(22)24(37(33,34)35)15-23(26)27-28-25-19-6-2-1-5-16(19)11-14-20(25)17-9-12-18(13-10-17)36(30,31)32;;/h2*1-15,29H,(H,30,31,32)(H,33,34,35);;/q;;2*+1/p-2. The number of phenols is 2. The Balaban J connectivity index is 0.000000216. The molecule has 0 unspecified atom stereocenters. The van der Waals surface area contributed by atoms with Crippen molar-refractivity contribution in [1.82, 2.24) is 0 Å². The average Bonchev–Trinajstić information content (AvgIpc) is 3.37. The number of fused-ring (bicyclic) bond motifs is 4. The van der Waals surface area contributed by atoms with Crippen molar-refractivity contribution in [1.29, 1.82) is 0 Å². The second-order valence-electron chi connectivity index (χ2n) is 16.2. The molecular weight excluding hydrogens is 1080 g/mol. The summed E-state index contributed by atoms with van der Waals surface area (Å²) in [5.41, 5.74) is 2.54. The molecule has 24 heteroatoms. The number of hydrogen-bond acceptors (Lipinski definition) is 16. The van der Waals surface area contributed by atoms with Gasteiger partial charge in [-0.3, -0.25) is 9.11 Å². The summed E-state index contributed by atoms with van der Waals surface area (Å²) in [5.74, 6) is -0.683. The van der Waals surface area contributed by atoms with Gasteiger partial charge in [0.15, 0.2) is 11.5 Å². The molecule has 372 valence electrons. The van der Waals surface area contributed by atoms with Crippen LogP contribution in [0.5, 0.6) is 11.5 Å². The Labute approximate surface area is 478 Å². The second-order valence-corrected chi connectivity index (χ2v) is 21.8. The number of hydrogen-bond donors (Lipinski definition) is 4. The second kappa shape index (κ2) is 22.7. The van der Waals surface area contributed by atoms with Crippen molar-refractivity contribution < 1.29 is 121 Å². The van der Waals surface area contributed by atoms with E-state index in [2.05, 4.69) is 20.5 Å². The van der Waals surface area contributed by atoms with Crippen molar-refractivity contribution >= 4 is 106 Å². The molecule has 0 spiro atoms. The van der Waals surface area contributed by atoms with Crippen molar-refractivity contribution in [2.75, 3.05) is 0 Å². The molecule has 10 rings (SSSR count). The summed E-state index contributed by atoms with van der Waals surface area (Å²) >= 11 is 0. The van der Waals surface area contributed by atoms with Crippen molar-refractivity contribution in [3.8, 4) is 33.8 Å². The quantitative estimate of drug-likeness (QED) is 0.0707. The summed E-state index contributed by atoms with van der Waals surface area (Å²) in [5, 5.41) is 41.9. The molecular formula is C52H34N4Na2O14S4. The molecule has 0 heterocycles. The largest absolute Gasteiger partial charge is 1.00 e. The van der Waals surface area contributed by atoms with Gasteiger partial charge in [0.2, 0.25) is 0 Å². The fourth-order valence-electron chi connectivity index (χ4n) is 8.20. The molecule has 4 N–H and O–H groups in total. The third-order valence-corrected chi connectivity index (χ3v) is 15.2. The number of benzene rings is 10. The summed E-state index contributed by atoms with van der Waals surface area (Å²) in [6.45, 7) is 0. The molecule has 10 aromatic rings. The summed E-state index contributed by atoms with van der Waals surface area (Å²) in [6, 6.07) is 46.8. The van der Waals surface area contributed by atoms with Crippen LogP contribution in [0.1, 0.15) is 0 Å². The van der Waals surface area contributed by atoms with E-state index in [-0.39, 0.29) is 113 Å². The van der Waals surface area contributed by atoms with Crippen LogP contribution in [0.4, 0.5) is 22.7 Å². The zero-order chi connectivity index (χ0) is 52.7. The van der Waals surface area contributed by atoms with E-state index in [1.165, 1.54) is 72.8 Å². The minimum atomic E-state index is -4.89. The summed E-state index contributed by atoms with van der Waals surface area (Å²) in [7, 11) is -18.5. The molecule has 0 aliphatic carbocycles. The SMILES string of the molecule is O=S(=O)([O-])c1cc(N=Nc2c(-c3ccc(S(=O)(=O)O)cc3)ccc3ccccc23)c(O)c2ccccc12.O=S(=O)([O-])c1cc(N=Nc2c(-c3ccc(S(=O)(=O)O)cc3)ccc3ccccc23)c(O)c2ccccc12.[Na+].[Na+]. The molecule has 0 aliphatic heterocycles. The van der Waals surface area contributed by atoms with Crippen LogP contribution in [0, 0.1) is 0 Å². The maximum absolute atomic E-state index is 11.9. The van der Waals surface area contributed by atoms with E-state index in [9.17, 15) is 62.1 Å². The molecule has 10 aromatic carbocycles. The molecule has 0 fully saturated rings. The van der Waals surface area contributed by atoms with Gasteiger partial charge in [-0.2, -0.15) is 16.8 Å². The fraction of sp³-hybridized carbons (Fsp3) is 0. The maximum atomic E-state index is 11.9. The molecule has 0 aromatic heterocycles. The van der Waals surface area contributed by atoms with Crippen LogP contribution >= 0.6 is 0 Å². The Kier molecular flexibility index (Phi) is 17.2. The smallest absolute Gasteiger partial charge is 0.744 e. The molecule has 0 aliphatic rings. The van der Waals surface area contributed by atoms with Crippen LogP contribution in [0.2, 0.25) is 0 Å². The van der Waals surface area contributed by atoms with E-state index in [1.807, 2.05) is 36.4 Å². The van der Waals surface area contributed by atoms with Gasteiger partial charge < -0.3 is 19.3 Å². The van der Waals surface area contributed by atoms with Crippen molar-refractivity contribution in [2.45, 2.75) is 19.6 Å². The van der Waals surface area contributed by atoms with E-state index < -0.39 is 50.3 Å². The molecule has 0 bridgehead atoms. The van der Waals surface area contributed by atoms with Gasteiger partial charge in [0, 0.05) is 43.4 Å². The normalized spacial score (nSPS) is 12.2. The molecule has 0 saturated carbocycles. The summed E-state index contributed by atoms with van der Waals surface area (Å²) in [4.78, 5) is -1.61. The fourth-order valence-corrected chi connectivity index (χ4v) is 10.6. The van der Waals surface area contributed by atoms with Gasteiger partial charge in [-0.25, -0.2) is 16.8 Å². The molecule has 0 atom stereocenters. The predicted octanol–water partition coefficient (Wildman–Crippen LogP) is 5.87. The van der Waals surface area contributed by atoms with Crippen LogP contribution in [0.3, 0.4) is 0 Å². The molecule has 0 saturated heterocycles. The van der Waals surface area contributed by atoms with E-state index in [0.717, 1.165) is 22.9 Å². The predicted molar refractivity (Wildman–Crippen MR) is 274 cm³/mol. The van der Waals surface area contributed by atoms with E-state index in [4.69, 9.17) is 0 Å². The zero-order valence-corrected chi connectivity index (χ0v) is 46.9. The first-order valence-corrected chi connectivity index (χ1v) is 27.2. The average molecular weight is 1110 g/mol. The summed E-state index contributed by atoms with van der Waals surface area (Å²) in [6.07, 6.45) is 0. The van der Waals surface area contributed by atoms with Gasteiger partial charge >= 0.3 is 59.1 Å². The first kappa shape index (κ1) is 57.4. The first-order chi connectivity index (χ1) is 35.1. The van der Waals surface area contributed by atoms with Crippen LogP contribution in [0.15, 0.2) is 222 Å². The third kappa shape index (κ3) is 12.1. The third-order valence-electron chi connectivity index (χ3n) is 11.7. The van der Waals surface area contributed by atoms with Crippen molar-refractivity contribution in [2.24, 2.45) is 20.5 Å². The molecule has 18 nitrogen and oxygen atoms in total. The maximum Gasteiger partial charge on any atom is 1.00 e. The Hall–Kier alpha value is -6.32. The van der Waals surface area contributed by atoms with Gasteiger partial charge in [0.25, 0.3) is 20.2 Å². The monoisotopic (exact) mass is 1110 g/mol. The minimum Gasteiger partial charge on any atom is -0.744 e. The van der Waals surface area contributed by atoms with Crippen molar-refractivity contribution in [3.63, 3.8) is 0 Å². The van der Waals surface area contributed by atoms with Crippen LogP contribution < -0.4 is 59.1 Å². The topological polar surface area (TPSA) is 313 Å². The van der Waals surface area contributed by atoms with Crippen LogP contribution in [-0.4, -0.2) is 62.1 Å². The molecule has 0 radical (unpaired) electrons. The van der Waals surface area contributed by atoms with E-state index in [1.54, 1.807) is 60.7 Å². The number of aromatic hydroxyl groups is 2. The number of rotatable bonds is 10. The number of azo groups is 2. The molecule has 76 heavy (non-hydrogen) atoms. The van der Waals surface area contributed by atoms with Crippen LogP contribution in [0.25, 0.3) is 65.3 Å². The minimum absolute atomic E-state index is 0.